The highest BCUT2D eigenvalue weighted by Crippen LogP contribution is 2.29. The third kappa shape index (κ3) is 2.68. The molecule has 1 aromatic heterocycles. The van der Waals surface area contributed by atoms with Crippen LogP contribution in [0, 0.1) is 0 Å². The van der Waals surface area contributed by atoms with Gasteiger partial charge in [0.15, 0.2) is 7.05 Å². The molecule has 0 spiro atoms. The summed E-state index contributed by atoms with van der Waals surface area (Å²) in [5, 5.41) is 9.40. The van der Waals surface area contributed by atoms with E-state index in [9.17, 15) is 0 Å². The molecule has 2 heteroatoms. The lowest BCUT2D eigenvalue weighted by molar-refractivity contribution is -0.731. The molecule has 0 saturated heterocycles. The third-order valence-corrected chi connectivity index (χ3v) is 4.20. The van der Waals surface area contributed by atoms with E-state index < -0.39 is 0 Å². The van der Waals surface area contributed by atoms with Gasteiger partial charge in [0.2, 0.25) is 5.69 Å². The van der Waals surface area contributed by atoms with Crippen LogP contribution >= 0.6 is 0 Å². The highest BCUT2D eigenvalue weighted by Gasteiger charge is 2.19. The topological polar surface area (TPSA) is 16.8 Å². The first-order valence-corrected chi connectivity index (χ1v) is 7.80. The fourth-order valence-corrected chi connectivity index (χ4v) is 3.09. The van der Waals surface area contributed by atoms with Crippen LogP contribution in [0.2, 0.25) is 0 Å². The number of hydrogen-bond acceptors (Lipinski definition) is 1. The standard InChI is InChI=1S/C21H21N2/c1-5-9-15(3)19(6-2)21-20-13-17-11-8-7-10-16(17)12-18(20)14-22-23(21)4/h5-14H,1H2,2-4H3/q+1/b15-9-,19-6+. The van der Waals surface area contributed by atoms with Crippen LogP contribution < -0.4 is 4.68 Å². The van der Waals surface area contributed by atoms with Crippen molar-refractivity contribution >= 4 is 27.1 Å². The lowest BCUT2D eigenvalue weighted by Gasteiger charge is -2.09. The second-order valence-electron chi connectivity index (χ2n) is 5.69. The minimum absolute atomic E-state index is 1.13. The fraction of sp³-hybridized carbons (Fsp3) is 0.143. The number of fused-ring (bicyclic) bond motifs is 2. The summed E-state index contributed by atoms with van der Waals surface area (Å²) in [6.07, 6.45) is 7.94. The molecule has 0 saturated carbocycles. The largest absolute Gasteiger partial charge is 0.246 e. The van der Waals surface area contributed by atoms with E-state index in [2.05, 4.69) is 68.0 Å². The molecule has 0 atom stereocenters. The Bertz CT molecular complexity index is 962. The Morgan fingerprint density at radius 3 is 2.48 bits per heavy atom. The minimum atomic E-state index is 1.13. The molecule has 0 N–H and O–H groups in total. The quantitative estimate of drug-likeness (QED) is 0.387. The summed E-state index contributed by atoms with van der Waals surface area (Å²) < 4.78 is 1.95. The van der Waals surface area contributed by atoms with Crippen LogP contribution in [0.15, 0.2) is 73.0 Å². The number of benzene rings is 2. The first-order chi connectivity index (χ1) is 11.2. The van der Waals surface area contributed by atoms with Gasteiger partial charge >= 0.3 is 0 Å². The van der Waals surface area contributed by atoms with Crippen molar-refractivity contribution in [2.24, 2.45) is 7.05 Å². The highest BCUT2D eigenvalue weighted by molar-refractivity contribution is 6.02. The number of nitrogens with zero attached hydrogens (tertiary/aromatic N) is 2. The van der Waals surface area contributed by atoms with Crippen molar-refractivity contribution in [3.8, 4) is 0 Å². The zero-order valence-corrected chi connectivity index (χ0v) is 13.9. The van der Waals surface area contributed by atoms with Crippen molar-refractivity contribution in [3.63, 3.8) is 0 Å². The van der Waals surface area contributed by atoms with Gasteiger partial charge in [-0.15, -0.1) is 0 Å². The SMILES string of the molecule is C=C/C=C(C)\C(=C/C)c1c2cc3ccccc3cc2cn[n+]1C. The lowest BCUT2D eigenvalue weighted by atomic mass is 9.96. The van der Waals surface area contributed by atoms with Gasteiger partial charge in [-0.05, 0) is 47.4 Å². The van der Waals surface area contributed by atoms with Crippen LogP contribution in [0.5, 0.6) is 0 Å². The van der Waals surface area contributed by atoms with Crippen molar-refractivity contribution in [1.29, 1.82) is 0 Å². The van der Waals surface area contributed by atoms with Gasteiger partial charge in [-0.2, -0.15) is 0 Å². The summed E-state index contributed by atoms with van der Waals surface area (Å²) in [5.74, 6) is 0. The molecule has 2 nitrogen and oxygen atoms in total. The van der Waals surface area contributed by atoms with E-state index in [0.717, 1.165) is 11.1 Å². The summed E-state index contributed by atoms with van der Waals surface area (Å²) in [4.78, 5) is 0. The summed E-state index contributed by atoms with van der Waals surface area (Å²) in [5.41, 5.74) is 3.49. The Morgan fingerprint density at radius 2 is 1.83 bits per heavy atom. The lowest BCUT2D eigenvalue weighted by Crippen LogP contribution is -2.37. The zero-order chi connectivity index (χ0) is 16.4. The smallest absolute Gasteiger partial charge is 0.0991 e. The first-order valence-electron chi connectivity index (χ1n) is 7.80. The molecule has 1 heterocycles. The van der Waals surface area contributed by atoms with Gasteiger partial charge < -0.3 is 0 Å². The number of hydrogen-bond donors (Lipinski definition) is 0. The number of allylic oxidation sites excluding steroid dienone is 5. The molecule has 0 bridgehead atoms. The second kappa shape index (κ2) is 6.17. The molecular weight excluding hydrogens is 280 g/mol. The molecular formula is C21H21N2+. The van der Waals surface area contributed by atoms with Crippen molar-refractivity contribution in [3.05, 3.63) is 78.7 Å². The van der Waals surface area contributed by atoms with E-state index >= 15 is 0 Å². The molecule has 0 aliphatic rings. The van der Waals surface area contributed by atoms with Crippen LogP contribution in [0.3, 0.4) is 0 Å². The van der Waals surface area contributed by atoms with Crippen LogP contribution in [0.1, 0.15) is 19.5 Å². The molecule has 0 fully saturated rings. The molecule has 0 amide bonds. The van der Waals surface area contributed by atoms with Crippen molar-refractivity contribution < 1.29 is 4.68 Å². The first kappa shape index (κ1) is 15.2. The molecule has 0 aliphatic carbocycles. The van der Waals surface area contributed by atoms with Gasteiger partial charge in [-0.3, -0.25) is 0 Å². The molecule has 2 aromatic carbocycles. The van der Waals surface area contributed by atoms with E-state index in [-0.39, 0.29) is 0 Å². The van der Waals surface area contributed by atoms with Crippen LogP contribution in [0.25, 0.3) is 27.1 Å². The van der Waals surface area contributed by atoms with E-state index in [0.29, 0.717) is 0 Å². The summed E-state index contributed by atoms with van der Waals surface area (Å²) >= 11 is 0. The molecule has 0 unspecified atom stereocenters. The van der Waals surface area contributed by atoms with Gasteiger partial charge in [0.1, 0.15) is 6.20 Å². The maximum atomic E-state index is 4.55. The number of aryl methyl sites for hydroxylation is 1. The monoisotopic (exact) mass is 301 g/mol. The zero-order valence-electron chi connectivity index (χ0n) is 13.9. The van der Waals surface area contributed by atoms with E-state index in [1.54, 1.807) is 0 Å². The van der Waals surface area contributed by atoms with Crippen molar-refractivity contribution in [2.75, 3.05) is 0 Å². The summed E-state index contributed by atoms with van der Waals surface area (Å²) in [6, 6.07) is 12.9. The Kier molecular flexibility index (Phi) is 4.07. The Balaban J connectivity index is 2.39. The third-order valence-electron chi connectivity index (χ3n) is 4.20. The number of rotatable bonds is 3. The maximum absolute atomic E-state index is 4.55. The average molecular weight is 301 g/mol. The molecule has 114 valence electrons. The Hall–Kier alpha value is -2.74. The molecule has 3 rings (SSSR count). The predicted octanol–water partition coefficient (Wildman–Crippen LogP) is 4.75. The molecule has 0 aliphatic heterocycles. The minimum Gasteiger partial charge on any atom is -0.0991 e. The second-order valence-corrected chi connectivity index (χ2v) is 5.69. The van der Waals surface area contributed by atoms with Gasteiger partial charge in [-0.25, -0.2) is 0 Å². The van der Waals surface area contributed by atoms with Gasteiger partial charge in [-0.1, -0.05) is 53.8 Å². The van der Waals surface area contributed by atoms with E-state index in [1.807, 2.05) is 30.1 Å². The summed E-state index contributed by atoms with van der Waals surface area (Å²) in [7, 11) is 1.99. The highest BCUT2D eigenvalue weighted by atomic mass is 15.2. The number of aromatic nitrogens is 2. The van der Waals surface area contributed by atoms with Crippen LogP contribution in [-0.2, 0) is 7.05 Å². The Morgan fingerprint density at radius 1 is 1.13 bits per heavy atom. The fourth-order valence-electron chi connectivity index (χ4n) is 3.09. The molecule has 3 aromatic rings. The molecule has 0 radical (unpaired) electrons. The van der Waals surface area contributed by atoms with Crippen molar-refractivity contribution in [1.82, 2.24) is 5.10 Å². The molecule has 23 heavy (non-hydrogen) atoms. The van der Waals surface area contributed by atoms with Gasteiger partial charge in [0, 0.05) is 11.0 Å². The predicted molar refractivity (Wildman–Crippen MR) is 98.0 cm³/mol. The van der Waals surface area contributed by atoms with Crippen molar-refractivity contribution in [2.45, 2.75) is 13.8 Å². The van der Waals surface area contributed by atoms with Crippen LogP contribution in [0.4, 0.5) is 0 Å². The van der Waals surface area contributed by atoms with Gasteiger partial charge in [0.05, 0.1) is 5.39 Å². The summed E-state index contributed by atoms with van der Waals surface area (Å²) in [6.45, 7) is 7.98. The normalized spacial score (nSPS) is 12.8. The maximum Gasteiger partial charge on any atom is 0.246 e. The Labute approximate surface area is 137 Å². The van der Waals surface area contributed by atoms with E-state index in [4.69, 9.17) is 0 Å². The van der Waals surface area contributed by atoms with Crippen LogP contribution in [-0.4, -0.2) is 5.10 Å². The van der Waals surface area contributed by atoms with E-state index in [1.165, 1.54) is 27.3 Å². The van der Waals surface area contributed by atoms with Gasteiger partial charge in [0.25, 0.3) is 0 Å². The average Bonchev–Trinajstić information content (AvgIpc) is 2.56.